The molecule has 82 valence electrons. The van der Waals surface area contributed by atoms with Crippen LogP contribution in [0.2, 0.25) is 0 Å². The Kier molecular flexibility index (Phi) is 3.21. The fourth-order valence-corrected chi connectivity index (χ4v) is 2.08. The van der Waals surface area contributed by atoms with Crippen molar-refractivity contribution in [3.63, 3.8) is 0 Å². The molecule has 3 heteroatoms. The molecule has 2 rings (SSSR count). The Labute approximate surface area is 90.8 Å². The van der Waals surface area contributed by atoms with E-state index in [4.69, 9.17) is 4.74 Å². The Bertz CT molecular complexity index is 337. The minimum Gasteiger partial charge on any atom is -0.358 e. The lowest BCUT2D eigenvalue weighted by Crippen LogP contribution is -2.18. The Hall–Kier alpha value is -1.09. The van der Waals surface area contributed by atoms with Gasteiger partial charge in [-0.25, -0.2) is 4.98 Å². The van der Waals surface area contributed by atoms with Gasteiger partial charge in [-0.3, -0.25) is 0 Å². The predicted octanol–water partition coefficient (Wildman–Crippen LogP) is 2.79. The van der Waals surface area contributed by atoms with Gasteiger partial charge in [-0.05, 0) is 31.8 Å². The molecule has 1 atom stereocenters. The first-order valence-electron chi connectivity index (χ1n) is 5.66. The third kappa shape index (κ3) is 1.97. The van der Waals surface area contributed by atoms with Crippen LogP contribution in [0, 0.1) is 0 Å². The molecule has 1 aromatic heterocycles. The van der Waals surface area contributed by atoms with E-state index in [0.29, 0.717) is 0 Å². The summed E-state index contributed by atoms with van der Waals surface area (Å²) in [7, 11) is 0. The zero-order chi connectivity index (χ0) is 10.7. The van der Waals surface area contributed by atoms with Gasteiger partial charge in [0.25, 0.3) is 0 Å². The maximum absolute atomic E-state index is 5.74. The van der Waals surface area contributed by atoms with Gasteiger partial charge in [0, 0.05) is 6.61 Å². The molecule has 1 saturated heterocycles. The molecular formula is C12H18N2O. The van der Waals surface area contributed by atoms with Crippen molar-refractivity contribution in [2.45, 2.75) is 38.8 Å². The summed E-state index contributed by atoms with van der Waals surface area (Å²) in [6.07, 6.45) is 8.37. The van der Waals surface area contributed by atoms with Gasteiger partial charge < -0.3 is 9.30 Å². The number of hydrogen-bond donors (Lipinski definition) is 0. The van der Waals surface area contributed by atoms with Gasteiger partial charge in [0.05, 0.1) is 17.7 Å². The van der Waals surface area contributed by atoms with E-state index in [1.165, 1.54) is 12.8 Å². The molecule has 0 aliphatic carbocycles. The van der Waals surface area contributed by atoms with E-state index >= 15 is 0 Å². The largest absolute Gasteiger partial charge is 0.358 e. The van der Waals surface area contributed by atoms with E-state index in [2.05, 4.69) is 23.1 Å². The summed E-state index contributed by atoms with van der Waals surface area (Å²) in [6, 6.07) is 0. The third-order valence-electron chi connectivity index (χ3n) is 2.91. The summed E-state index contributed by atoms with van der Waals surface area (Å²) in [5.74, 6) is 0. The van der Waals surface area contributed by atoms with Crippen LogP contribution in [0.15, 0.2) is 12.9 Å². The molecule has 0 aromatic carbocycles. The summed E-state index contributed by atoms with van der Waals surface area (Å²) in [5, 5.41) is 0. The monoisotopic (exact) mass is 206 g/mol. The first-order valence-corrected chi connectivity index (χ1v) is 5.66. The lowest BCUT2D eigenvalue weighted by molar-refractivity contribution is -0.0323. The minimum absolute atomic E-state index is 0.166. The second-order valence-electron chi connectivity index (χ2n) is 3.86. The van der Waals surface area contributed by atoms with Gasteiger partial charge in [0.1, 0.15) is 6.23 Å². The SMILES string of the molecule is C=Cc1c(CC)ncn1C1CCCCO1. The molecule has 1 aliphatic heterocycles. The zero-order valence-corrected chi connectivity index (χ0v) is 9.28. The Morgan fingerprint density at radius 3 is 3.13 bits per heavy atom. The topological polar surface area (TPSA) is 27.1 Å². The van der Waals surface area contributed by atoms with Gasteiger partial charge in [-0.2, -0.15) is 0 Å². The molecule has 0 spiro atoms. The van der Waals surface area contributed by atoms with Crippen LogP contribution in [-0.4, -0.2) is 16.2 Å². The number of aryl methyl sites for hydroxylation is 1. The summed E-state index contributed by atoms with van der Waals surface area (Å²) in [6.45, 7) is 6.83. The summed E-state index contributed by atoms with van der Waals surface area (Å²) in [5.41, 5.74) is 2.23. The smallest absolute Gasteiger partial charge is 0.135 e. The van der Waals surface area contributed by atoms with Crippen molar-refractivity contribution in [2.75, 3.05) is 6.61 Å². The molecule has 3 nitrogen and oxygen atoms in total. The Morgan fingerprint density at radius 2 is 2.53 bits per heavy atom. The first kappa shape index (κ1) is 10.4. The highest BCUT2D eigenvalue weighted by molar-refractivity contribution is 5.45. The van der Waals surface area contributed by atoms with Crippen LogP contribution >= 0.6 is 0 Å². The van der Waals surface area contributed by atoms with Gasteiger partial charge in [0.15, 0.2) is 0 Å². The van der Waals surface area contributed by atoms with E-state index in [-0.39, 0.29) is 6.23 Å². The highest BCUT2D eigenvalue weighted by atomic mass is 16.5. The third-order valence-corrected chi connectivity index (χ3v) is 2.91. The molecule has 1 unspecified atom stereocenters. The average molecular weight is 206 g/mol. The Morgan fingerprint density at radius 1 is 1.67 bits per heavy atom. The number of imidazole rings is 1. The molecule has 0 amide bonds. The van der Waals surface area contributed by atoms with Crippen LogP contribution in [0.1, 0.15) is 43.8 Å². The normalized spacial score (nSPS) is 21.5. The standard InChI is InChI=1S/C12H18N2O/c1-3-10-11(4-2)14(9-13-10)12-7-5-6-8-15-12/h4,9,12H,2-3,5-8H2,1H3. The summed E-state index contributed by atoms with van der Waals surface area (Å²) in [4.78, 5) is 4.39. The van der Waals surface area contributed by atoms with E-state index in [0.717, 1.165) is 30.8 Å². The molecule has 15 heavy (non-hydrogen) atoms. The quantitative estimate of drug-likeness (QED) is 0.760. The number of aromatic nitrogens is 2. The fourth-order valence-electron chi connectivity index (χ4n) is 2.08. The first-order chi connectivity index (χ1) is 7.36. The van der Waals surface area contributed by atoms with Crippen molar-refractivity contribution in [3.05, 3.63) is 24.3 Å². The molecule has 1 aromatic rings. The van der Waals surface area contributed by atoms with Gasteiger partial charge in [0.2, 0.25) is 0 Å². The maximum atomic E-state index is 5.74. The van der Waals surface area contributed by atoms with E-state index in [1.54, 1.807) is 0 Å². The molecular weight excluding hydrogens is 188 g/mol. The second kappa shape index (κ2) is 4.62. The van der Waals surface area contributed by atoms with Crippen molar-refractivity contribution in [1.29, 1.82) is 0 Å². The number of nitrogens with zero attached hydrogens (tertiary/aromatic N) is 2. The number of hydrogen-bond acceptors (Lipinski definition) is 2. The van der Waals surface area contributed by atoms with E-state index in [1.807, 2.05) is 12.4 Å². The van der Waals surface area contributed by atoms with Crippen LogP contribution in [-0.2, 0) is 11.2 Å². The van der Waals surface area contributed by atoms with Crippen LogP contribution in [0.5, 0.6) is 0 Å². The van der Waals surface area contributed by atoms with E-state index in [9.17, 15) is 0 Å². The molecule has 1 aliphatic rings. The van der Waals surface area contributed by atoms with Crippen LogP contribution in [0.25, 0.3) is 6.08 Å². The van der Waals surface area contributed by atoms with Crippen molar-refractivity contribution in [1.82, 2.24) is 9.55 Å². The Balaban J connectivity index is 2.25. The highest BCUT2D eigenvalue weighted by Crippen LogP contribution is 2.25. The molecule has 0 N–H and O–H groups in total. The fraction of sp³-hybridized carbons (Fsp3) is 0.583. The van der Waals surface area contributed by atoms with Crippen LogP contribution < -0.4 is 0 Å². The highest BCUT2D eigenvalue weighted by Gasteiger charge is 2.18. The predicted molar refractivity (Wildman–Crippen MR) is 60.5 cm³/mol. The molecule has 2 heterocycles. The van der Waals surface area contributed by atoms with Crippen LogP contribution in [0.4, 0.5) is 0 Å². The van der Waals surface area contributed by atoms with E-state index < -0.39 is 0 Å². The van der Waals surface area contributed by atoms with Gasteiger partial charge in [-0.15, -0.1) is 0 Å². The minimum atomic E-state index is 0.166. The van der Waals surface area contributed by atoms with Crippen molar-refractivity contribution in [3.8, 4) is 0 Å². The average Bonchev–Trinajstić information content (AvgIpc) is 2.72. The van der Waals surface area contributed by atoms with Crippen LogP contribution in [0.3, 0.4) is 0 Å². The van der Waals surface area contributed by atoms with Gasteiger partial charge >= 0.3 is 0 Å². The van der Waals surface area contributed by atoms with Crippen molar-refractivity contribution < 1.29 is 4.74 Å². The second-order valence-corrected chi connectivity index (χ2v) is 3.86. The van der Waals surface area contributed by atoms with Crippen molar-refractivity contribution in [2.24, 2.45) is 0 Å². The maximum Gasteiger partial charge on any atom is 0.135 e. The molecule has 0 bridgehead atoms. The lowest BCUT2D eigenvalue weighted by Gasteiger charge is -2.24. The summed E-state index contributed by atoms with van der Waals surface area (Å²) < 4.78 is 7.86. The molecule has 0 saturated carbocycles. The molecule has 0 radical (unpaired) electrons. The number of rotatable bonds is 3. The zero-order valence-electron chi connectivity index (χ0n) is 9.28. The van der Waals surface area contributed by atoms with Gasteiger partial charge in [-0.1, -0.05) is 13.5 Å². The van der Waals surface area contributed by atoms with Crippen molar-refractivity contribution >= 4 is 6.08 Å². The summed E-state index contributed by atoms with van der Waals surface area (Å²) >= 11 is 0. The molecule has 1 fully saturated rings. The lowest BCUT2D eigenvalue weighted by atomic mass is 10.2. The number of ether oxygens (including phenoxy) is 1.